The monoisotopic (exact) mass is 298 g/mol. The Morgan fingerprint density at radius 1 is 1.12 bits per heavy atom. The number of aliphatic carboxylic acids is 2. The standard InChI is InChI=1S/C12H11BrO4/c13-10-4-1-8(2-5-10)7-9(12(16)17)3-6-11(14)15/h1-2,4-5,7H,3,6H2,(H,14,15)(H,16,17)/b9-7+. The first-order valence-electron chi connectivity index (χ1n) is 4.90. The Labute approximate surface area is 107 Å². The van der Waals surface area contributed by atoms with E-state index in [1.165, 1.54) is 6.08 Å². The van der Waals surface area contributed by atoms with Crippen molar-refractivity contribution in [2.75, 3.05) is 0 Å². The Bertz CT molecular complexity index is 448. The molecule has 4 nitrogen and oxygen atoms in total. The van der Waals surface area contributed by atoms with Crippen LogP contribution in [0.25, 0.3) is 6.08 Å². The average molecular weight is 299 g/mol. The van der Waals surface area contributed by atoms with Crippen LogP contribution in [0.4, 0.5) is 0 Å². The molecule has 0 unspecified atom stereocenters. The molecule has 0 saturated carbocycles. The summed E-state index contributed by atoms with van der Waals surface area (Å²) < 4.78 is 0.900. The second-order valence-electron chi connectivity index (χ2n) is 3.42. The SMILES string of the molecule is O=C(O)CC/C(=C\c1ccc(Br)cc1)C(=O)O. The lowest BCUT2D eigenvalue weighted by molar-refractivity contribution is -0.137. The lowest BCUT2D eigenvalue weighted by atomic mass is 10.1. The van der Waals surface area contributed by atoms with Crippen LogP contribution in [0.1, 0.15) is 18.4 Å². The van der Waals surface area contributed by atoms with E-state index in [1.54, 1.807) is 24.3 Å². The summed E-state index contributed by atoms with van der Waals surface area (Å²) in [6, 6.07) is 7.10. The van der Waals surface area contributed by atoms with Crippen LogP contribution in [0.15, 0.2) is 34.3 Å². The summed E-state index contributed by atoms with van der Waals surface area (Å²) >= 11 is 3.28. The minimum absolute atomic E-state index is 0.0146. The van der Waals surface area contributed by atoms with Crippen molar-refractivity contribution < 1.29 is 19.8 Å². The van der Waals surface area contributed by atoms with Gasteiger partial charge >= 0.3 is 11.9 Å². The van der Waals surface area contributed by atoms with Crippen molar-refractivity contribution in [2.24, 2.45) is 0 Å². The van der Waals surface area contributed by atoms with E-state index in [-0.39, 0.29) is 18.4 Å². The van der Waals surface area contributed by atoms with Crippen LogP contribution in [0.3, 0.4) is 0 Å². The summed E-state index contributed by atoms with van der Waals surface area (Å²) in [5.74, 6) is -2.10. The molecule has 17 heavy (non-hydrogen) atoms. The highest BCUT2D eigenvalue weighted by atomic mass is 79.9. The van der Waals surface area contributed by atoms with Crippen molar-refractivity contribution >= 4 is 33.9 Å². The van der Waals surface area contributed by atoms with Crippen molar-refractivity contribution in [3.63, 3.8) is 0 Å². The summed E-state index contributed by atoms with van der Waals surface area (Å²) in [5.41, 5.74) is 0.825. The van der Waals surface area contributed by atoms with Gasteiger partial charge in [-0.3, -0.25) is 4.79 Å². The van der Waals surface area contributed by atoms with Gasteiger partial charge in [0.25, 0.3) is 0 Å². The largest absolute Gasteiger partial charge is 0.481 e. The zero-order chi connectivity index (χ0) is 12.8. The number of carbonyl (C=O) groups is 2. The van der Waals surface area contributed by atoms with E-state index >= 15 is 0 Å². The smallest absolute Gasteiger partial charge is 0.331 e. The summed E-state index contributed by atoms with van der Waals surface area (Å²) in [6.07, 6.45) is 1.31. The van der Waals surface area contributed by atoms with Gasteiger partial charge in [0.2, 0.25) is 0 Å². The molecular weight excluding hydrogens is 288 g/mol. The molecule has 2 N–H and O–H groups in total. The van der Waals surface area contributed by atoms with Gasteiger partial charge < -0.3 is 10.2 Å². The van der Waals surface area contributed by atoms with E-state index in [9.17, 15) is 9.59 Å². The van der Waals surface area contributed by atoms with E-state index in [2.05, 4.69) is 15.9 Å². The molecule has 0 saturated heterocycles. The fourth-order valence-corrected chi connectivity index (χ4v) is 1.51. The number of carboxylic acids is 2. The van der Waals surface area contributed by atoms with Gasteiger partial charge in [0.1, 0.15) is 0 Å². The maximum Gasteiger partial charge on any atom is 0.331 e. The van der Waals surface area contributed by atoms with Crippen LogP contribution < -0.4 is 0 Å². The third-order valence-electron chi connectivity index (χ3n) is 2.09. The molecule has 1 aromatic carbocycles. The van der Waals surface area contributed by atoms with Crippen molar-refractivity contribution in [1.29, 1.82) is 0 Å². The number of hydrogen-bond donors (Lipinski definition) is 2. The Morgan fingerprint density at radius 2 is 1.71 bits per heavy atom. The Kier molecular flexibility index (Phi) is 4.90. The zero-order valence-corrected chi connectivity index (χ0v) is 10.5. The maximum absolute atomic E-state index is 10.9. The summed E-state index contributed by atoms with van der Waals surface area (Å²) in [5, 5.41) is 17.5. The van der Waals surface area contributed by atoms with Crippen LogP contribution >= 0.6 is 15.9 Å². The number of rotatable bonds is 5. The quantitative estimate of drug-likeness (QED) is 0.820. The van der Waals surface area contributed by atoms with Crippen LogP contribution in [0.5, 0.6) is 0 Å². The van der Waals surface area contributed by atoms with Gasteiger partial charge in [-0.1, -0.05) is 28.1 Å². The molecule has 0 spiro atoms. The fourth-order valence-electron chi connectivity index (χ4n) is 1.24. The first-order valence-corrected chi connectivity index (χ1v) is 5.69. The molecular formula is C12H11BrO4. The number of halogens is 1. The summed E-state index contributed by atoms with van der Waals surface area (Å²) in [6.45, 7) is 0. The van der Waals surface area contributed by atoms with E-state index in [0.29, 0.717) is 0 Å². The van der Waals surface area contributed by atoms with Crippen LogP contribution in [-0.2, 0) is 9.59 Å². The predicted molar refractivity (Wildman–Crippen MR) is 66.6 cm³/mol. The Morgan fingerprint density at radius 3 is 2.18 bits per heavy atom. The topological polar surface area (TPSA) is 74.6 Å². The molecule has 0 aliphatic heterocycles. The van der Waals surface area contributed by atoms with Crippen molar-refractivity contribution in [1.82, 2.24) is 0 Å². The number of carboxylic acid groups (broad SMARTS) is 2. The molecule has 0 aliphatic rings. The molecule has 90 valence electrons. The van der Waals surface area contributed by atoms with Crippen LogP contribution in [-0.4, -0.2) is 22.2 Å². The molecule has 0 radical (unpaired) electrons. The minimum atomic E-state index is -1.09. The highest BCUT2D eigenvalue weighted by Crippen LogP contribution is 2.15. The first-order chi connectivity index (χ1) is 7.99. The predicted octanol–water partition coefficient (Wildman–Crippen LogP) is 2.78. The van der Waals surface area contributed by atoms with Crippen molar-refractivity contribution in [3.8, 4) is 0 Å². The molecule has 0 bridgehead atoms. The number of hydrogen-bond acceptors (Lipinski definition) is 2. The van der Waals surface area contributed by atoms with Gasteiger partial charge in [-0.15, -0.1) is 0 Å². The average Bonchev–Trinajstić information content (AvgIpc) is 2.26. The van der Waals surface area contributed by atoms with E-state index in [0.717, 1.165) is 10.0 Å². The molecule has 1 aromatic rings. The van der Waals surface area contributed by atoms with Gasteiger partial charge in [-0.05, 0) is 30.2 Å². The molecule has 0 fully saturated rings. The molecule has 5 heteroatoms. The van der Waals surface area contributed by atoms with Crippen LogP contribution in [0.2, 0.25) is 0 Å². The maximum atomic E-state index is 10.9. The van der Waals surface area contributed by atoms with Gasteiger partial charge in [0.15, 0.2) is 0 Å². The van der Waals surface area contributed by atoms with E-state index in [4.69, 9.17) is 10.2 Å². The zero-order valence-electron chi connectivity index (χ0n) is 8.89. The van der Waals surface area contributed by atoms with E-state index < -0.39 is 11.9 Å². The van der Waals surface area contributed by atoms with Crippen molar-refractivity contribution in [2.45, 2.75) is 12.8 Å². The van der Waals surface area contributed by atoms with Gasteiger partial charge in [0, 0.05) is 16.5 Å². The van der Waals surface area contributed by atoms with Gasteiger partial charge in [-0.25, -0.2) is 4.79 Å². The Balaban J connectivity index is 2.86. The molecule has 1 rings (SSSR count). The summed E-state index contributed by atoms with van der Waals surface area (Å²) in [7, 11) is 0. The van der Waals surface area contributed by atoms with Crippen molar-refractivity contribution in [3.05, 3.63) is 39.9 Å². The highest BCUT2D eigenvalue weighted by Gasteiger charge is 2.09. The first kappa shape index (κ1) is 13.4. The van der Waals surface area contributed by atoms with Gasteiger partial charge in [0.05, 0.1) is 0 Å². The van der Waals surface area contributed by atoms with E-state index in [1.807, 2.05) is 0 Å². The molecule has 0 atom stereocenters. The third kappa shape index (κ3) is 4.82. The lowest BCUT2D eigenvalue weighted by Gasteiger charge is -2.01. The molecule has 0 heterocycles. The summed E-state index contributed by atoms with van der Waals surface area (Å²) in [4.78, 5) is 21.3. The fraction of sp³-hybridized carbons (Fsp3) is 0.167. The second kappa shape index (κ2) is 6.20. The Hall–Kier alpha value is -1.62. The number of benzene rings is 1. The lowest BCUT2D eigenvalue weighted by Crippen LogP contribution is -2.04. The second-order valence-corrected chi connectivity index (χ2v) is 4.34. The van der Waals surface area contributed by atoms with Gasteiger partial charge in [-0.2, -0.15) is 0 Å². The molecule has 0 aromatic heterocycles. The minimum Gasteiger partial charge on any atom is -0.481 e. The highest BCUT2D eigenvalue weighted by molar-refractivity contribution is 9.10. The molecule has 0 aliphatic carbocycles. The van der Waals surface area contributed by atoms with Crippen LogP contribution in [0, 0.1) is 0 Å². The normalized spacial score (nSPS) is 11.2. The third-order valence-corrected chi connectivity index (χ3v) is 2.62. The molecule has 0 amide bonds.